The maximum Gasteiger partial charge on any atom is 0.183 e. The number of hydrogen-bond acceptors (Lipinski definition) is 3. The van der Waals surface area contributed by atoms with E-state index in [1.165, 1.54) is 0 Å². The van der Waals surface area contributed by atoms with E-state index in [1.807, 2.05) is 46.8 Å². The van der Waals surface area contributed by atoms with Crippen molar-refractivity contribution in [2.75, 3.05) is 0 Å². The topological polar surface area (TPSA) is 42.3 Å². The number of ketones is 1. The summed E-state index contributed by atoms with van der Waals surface area (Å²) in [5.74, 6) is -0.00324. The molecule has 0 fully saturated rings. The number of aliphatic imine (C=N–C) groups is 1. The van der Waals surface area contributed by atoms with Crippen LogP contribution in [0.2, 0.25) is 0 Å². The highest BCUT2D eigenvalue weighted by atomic mass is 16.1. The molecule has 0 aliphatic rings. The van der Waals surface area contributed by atoms with Crippen LogP contribution in [0.1, 0.15) is 62.8 Å². The average Bonchev–Trinajstić information content (AvgIpc) is 2.50. The minimum Gasteiger partial charge on any atom is -0.292 e. The molecule has 3 nitrogen and oxygen atoms in total. The average molecular weight is 298 g/mol. The molecular formula is C19H26N2O. The van der Waals surface area contributed by atoms with E-state index < -0.39 is 0 Å². The zero-order valence-corrected chi connectivity index (χ0v) is 14.5. The molecule has 3 heteroatoms. The lowest BCUT2D eigenvalue weighted by molar-refractivity contribution is 0.0934. The van der Waals surface area contributed by atoms with Crippen molar-refractivity contribution in [3.05, 3.63) is 46.8 Å². The fraction of sp³-hybridized carbons (Fsp3) is 0.421. The number of aromatic nitrogens is 1. The number of carbonyl (C=O) groups excluding carboxylic acids is 1. The molecule has 0 amide bonds. The Labute approximate surface area is 133 Å². The quantitative estimate of drug-likeness (QED) is 0.420. The predicted octanol–water partition coefficient (Wildman–Crippen LogP) is 5.02. The molecule has 0 bridgehead atoms. The molecule has 0 aliphatic heterocycles. The third-order valence-electron chi connectivity index (χ3n) is 3.41. The van der Waals surface area contributed by atoms with Crippen LogP contribution in [0.15, 0.2) is 34.9 Å². The minimum absolute atomic E-state index is 0.0603. The Morgan fingerprint density at radius 2 is 2.00 bits per heavy atom. The highest BCUT2D eigenvalue weighted by Crippen LogP contribution is 2.25. The molecule has 0 aliphatic carbocycles. The summed E-state index contributed by atoms with van der Waals surface area (Å²) in [5, 5.41) is 0. The maximum atomic E-state index is 12.2. The van der Waals surface area contributed by atoms with Gasteiger partial charge in [-0.2, -0.15) is 0 Å². The normalized spacial score (nSPS) is 13.2. The van der Waals surface area contributed by atoms with E-state index in [0.29, 0.717) is 5.69 Å². The van der Waals surface area contributed by atoms with Crippen molar-refractivity contribution in [3.8, 4) is 0 Å². The molecule has 0 aromatic carbocycles. The summed E-state index contributed by atoms with van der Waals surface area (Å²) in [7, 11) is 0. The third kappa shape index (κ3) is 4.23. The van der Waals surface area contributed by atoms with E-state index in [2.05, 4.69) is 23.0 Å². The van der Waals surface area contributed by atoms with Gasteiger partial charge in [0, 0.05) is 12.1 Å². The van der Waals surface area contributed by atoms with E-state index in [0.717, 1.165) is 28.9 Å². The van der Waals surface area contributed by atoms with Crippen molar-refractivity contribution < 1.29 is 4.79 Å². The first kappa shape index (κ1) is 18.0. The lowest BCUT2D eigenvalue weighted by Gasteiger charge is -2.12. The Kier molecular flexibility index (Phi) is 6.90. The number of aryl methyl sites for hydroxylation is 1. The summed E-state index contributed by atoms with van der Waals surface area (Å²) in [5.41, 5.74) is 4.29. The van der Waals surface area contributed by atoms with Crippen molar-refractivity contribution in [1.82, 2.24) is 4.98 Å². The van der Waals surface area contributed by atoms with Crippen LogP contribution >= 0.6 is 0 Å². The Balaban J connectivity index is 3.55. The monoisotopic (exact) mass is 298 g/mol. The Hall–Kier alpha value is -2.03. The smallest absolute Gasteiger partial charge is 0.183 e. The second-order valence-corrected chi connectivity index (χ2v) is 5.50. The molecule has 0 spiro atoms. The molecule has 1 rings (SSSR count). The molecule has 0 radical (unpaired) electrons. The fourth-order valence-corrected chi connectivity index (χ4v) is 2.19. The van der Waals surface area contributed by atoms with E-state index >= 15 is 0 Å². The summed E-state index contributed by atoms with van der Waals surface area (Å²) in [6, 6.07) is 3.75. The van der Waals surface area contributed by atoms with E-state index in [1.54, 1.807) is 12.3 Å². The van der Waals surface area contributed by atoms with Crippen LogP contribution in [0.5, 0.6) is 0 Å². The summed E-state index contributed by atoms with van der Waals surface area (Å²) in [4.78, 5) is 21.4. The molecule has 1 aromatic rings. The Morgan fingerprint density at radius 3 is 2.50 bits per heavy atom. The summed E-state index contributed by atoms with van der Waals surface area (Å²) < 4.78 is 0. The Morgan fingerprint density at radius 1 is 1.32 bits per heavy atom. The van der Waals surface area contributed by atoms with Crippen LogP contribution in [0.25, 0.3) is 5.70 Å². The zero-order valence-electron chi connectivity index (χ0n) is 14.5. The van der Waals surface area contributed by atoms with Crippen LogP contribution in [-0.2, 0) is 0 Å². The van der Waals surface area contributed by atoms with Gasteiger partial charge in [0.2, 0.25) is 0 Å². The lowest BCUT2D eigenvalue weighted by Crippen LogP contribution is -2.11. The van der Waals surface area contributed by atoms with Gasteiger partial charge >= 0.3 is 0 Å². The third-order valence-corrected chi connectivity index (χ3v) is 3.41. The van der Waals surface area contributed by atoms with Crippen LogP contribution in [0.4, 0.5) is 0 Å². The van der Waals surface area contributed by atoms with E-state index in [9.17, 15) is 4.79 Å². The number of hydrogen-bond donors (Lipinski definition) is 0. The molecule has 0 saturated heterocycles. The van der Waals surface area contributed by atoms with Gasteiger partial charge in [-0.15, -0.1) is 0 Å². The number of Topliss-reactive ketones (excluding diaryl/α,β-unsaturated/α-hetero) is 1. The molecular weight excluding hydrogens is 272 g/mol. The molecule has 118 valence electrons. The van der Waals surface area contributed by atoms with Crippen LogP contribution in [0, 0.1) is 12.8 Å². The number of pyridine rings is 1. The maximum absolute atomic E-state index is 12.2. The Bertz CT molecular complexity index is 622. The largest absolute Gasteiger partial charge is 0.292 e. The van der Waals surface area contributed by atoms with Gasteiger partial charge in [0.05, 0.1) is 11.4 Å². The van der Waals surface area contributed by atoms with Gasteiger partial charge in [-0.3, -0.25) is 9.79 Å². The van der Waals surface area contributed by atoms with Gasteiger partial charge in [0.25, 0.3) is 0 Å². The number of carbonyl (C=O) groups is 1. The fourth-order valence-electron chi connectivity index (χ4n) is 2.19. The molecule has 0 atom stereocenters. The number of nitrogens with zero attached hydrogens (tertiary/aromatic N) is 2. The SMILES string of the molecule is CC=N/C(=C(\C=C/C)CC)c1nc(C(=O)C(C)C)ccc1C. The molecule has 0 saturated carbocycles. The van der Waals surface area contributed by atoms with E-state index in [4.69, 9.17) is 0 Å². The van der Waals surface area contributed by atoms with Crippen molar-refractivity contribution in [3.63, 3.8) is 0 Å². The van der Waals surface area contributed by atoms with Gasteiger partial charge < -0.3 is 0 Å². The highest BCUT2D eigenvalue weighted by Gasteiger charge is 2.16. The molecule has 22 heavy (non-hydrogen) atoms. The van der Waals surface area contributed by atoms with Crippen molar-refractivity contribution in [2.24, 2.45) is 10.9 Å². The summed E-state index contributed by atoms with van der Waals surface area (Å²) >= 11 is 0. The minimum atomic E-state index is -0.0636. The molecule has 1 heterocycles. The second kappa shape index (κ2) is 8.42. The molecule has 0 N–H and O–H groups in total. The van der Waals surface area contributed by atoms with Crippen molar-refractivity contribution in [2.45, 2.75) is 48.0 Å². The van der Waals surface area contributed by atoms with Gasteiger partial charge in [-0.1, -0.05) is 39.0 Å². The zero-order chi connectivity index (χ0) is 16.7. The standard InChI is InChI=1S/C19H26N2O/c1-7-10-15(8-2)18(20-9-3)17-14(6)11-12-16(21-17)19(22)13(4)5/h7,9-13H,8H2,1-6H3/b10-7-,18-15-,20-9?. The van der Waals surface area contributed by atoms with Crippen molar-refractivity contribution in [1.29, 1.82) is 0 Å². The first-order chi connectivity index (χ1) is 10.5. The first-order valence-electron chi connectivity index (χ1n) is 7.82. The van der Waals surface area contributed by atoms with Gasteiger partial charge in [0.15, 0.2) is 5.78 Å². The predicted molar refractivity (Wildman–Crippen MR) is 94.3 cm³/mol. The summed E-state index contributed by atoms with van der Waals surface area (Å²) in [6.45, 7) is 11.8. The van der Waals surface area contributed by atoms with Gasteiger partial charge in [0.1, 0.15) is 5.69 Å². The summed E-state index contributed by atoms with van der Waals surface area (Å²) in [6.07, 6.45) is 6.69. The highest BCUT2D eigenvalue weighted by molar-refractivity contribution is 5.96. The second-order valence-electron chi connectivity index (χ2n) is 5.50. The van der Waals surface area contributed by atoms with Gasteiger partial charge in [-0.05, 0) is 44.4 Å². The van der Waals surface area contributed by atoms with Crippen molar-refractivity contribution >= 4 is 17.7 Å². The van der Waals surface area contributed by atoms with Crippen LogP contribution in [-0.4, -0.2) is 17.0 Å². The van der Waals surface area contributed by atoms with Gasteiger partial charge in [-0.25, -0.2) is 4.98 Å². The van der Waals surface area contributed by atoms with Crippen LogP contribution in [0.3, 0.4) is 0 Å². The molecule has 1 aromatic heterocycles. The first-order valence-corrected chi connectivity index (χ1v) is 7.82. The number of allylic oxidation sites excluding steroid dienone is 3. The van der Waals surface area contributed by atoms with Crippen LogP contribution < -0.4 is 0 Å². The van der Waals surface area contributed by atoms with E-state index in [-0.39, 0.29) is 11.7 Å². The lowest BCUT2D eigenvalue weighted by atomic mass is 10.0. The number of rotatable bonds is 6. The molecule has 0 unspecified atom stereocenters.